The average Bonchev–Trinajstić information content (AvgIpc) is 3.41. The number of carbonyl (C=O) groups excluding carboxylic acids is 1. The van der Waals surface area contributed by atoms with Crippen molar-refractivity contribution in [2.45, 2.75) is 13.0 Å². The molecule has 2 heterocycles. The molecule has 0 aliphatic carbocycles. The average molecular weight is 405 g/mol. The van der Waals surface area contributed by atoms with Crippen LogP contribution in [0.4, 0.5) is 5.69 Å². The molecule has 0 fully saturated rings. The lowest BCUT2D eigenvalue weighted by Crippen LogP contribution is -2.14. The summed E-state index contributed by atoms with van der Waals surface area (Å²) in [7, 11) is 0. The van der Waals surface area contributed by atoms with E-state index < -0.39 is 0 Å². The number of ether oxygens (including phenoxy) is 1. The zero-order valence-corrected chi connectivity index (χ0v) is 16.4. The minimum atomic E-state index is -0.116. The Kier molecular flexibility index (Phi) is 5.92. The normalized spacial score (nSPS) is 10.6. The summed E-state index contributed by atoms with van der Waals surface area (Å²) in [6, 6.07) is 17.3. The predicted molar refractivity (Wildman–Crippen MR) is 112 cm³/mol. The van der Waals surface area contributed by atoms with E-state index in [1.54, 1.807) is 17.1 Å². The third kappa shape index (κ3) is 5.26. The number of thiazole rings is 1. The topological polar surface area (TPSA) is 81.9 Å². The molecule has 4 rings (SSSR count). The highest BCUT2D eigenvalue weighted by molar-refractivity contribution is 7.13. The number of hydrogen-bond donors (Lipinski definition) is 1. The number of carbonyl (C=O) groups is 1. The first-order valence-corrected chi connectivity index (χ1v) is 9.99. The van der Waals surface area contributed by atoms with Crippen molar-refractivity contribution in [3.63, 3.8) is 0 Å². The van der Waals surface area contributed by atoms with Crippen molar-refractivity contribution in [2.75, 3.05) is 11.9 Å². The molecular weight excluding hydrogens is 386 g/mol. The van der Waals surface area contributed by atoms with Gasteiger partial charge in [0.15, 0.2) is 0 Å². The molecule has 8 heteroatoms. The Morgan fingerprint density at radius 2 is 2.03 bits per heavy atom. The molecule has 0 aliphatic rings. The van der Waals surface area contributed by atoms with Crippen molar-refractivity contribution in [1.29, 1.82) is 0 Å². The van der Waals surface area contributed by atoms with E-state index in [1.807, 2.05) is 53.9 Å². The van der Waals surface area contributed by atoms with Crippen molar-refractivity contribution in [1.82, 2.24) is 19.7 Å². The minimum absolute atomic E-state index is 0.116. The fourth-order valence-electron chi connectivity index (χ4n) is 2.74. The van der Waals surface area contributed by atoms with Gasteiger partial charge in [0.05, 0.1) is 18.7 Å². The lowest BCUT2D eigenvalue weighted by molar-refractivity contribution is -0.115. The van der Waals surface area contributed by atoms with Crippen LogP contribution in [0.1, 0.15) is 5.69 Å². The Balaban J connectivity index is 1.31. The second kappa shape index (κ2) is 9.11. The number of aromatic nitrogens is 4. The monoisotopic (exact) mass is 405 g/mol. The van der Waals surface area contributed by atoms with Gasteiger partial charge in [0, 0.05) is 22.7 Å². The van der Waals surface area contributed by atoms with Crippen molar-refractivity contribution < 1.29 is 9.53 Å². The van der Waals surface area contributed by atoms with E-state index in [-0.39, 0.29) is 12.3 Å². The summed E-state index contributed by atoms with van der Waals surface area (Å²) < 4.78 is 7.42. The van der Waals surface area contributed by atoms with Crippen LogP contribution in [0.25, 0.3) is 10.6 Å². The van der Waals surface area contributed by atoms with E-state index in [0.29, 0.717) is 24.6 Å². The molecule has 0 saturated heterocycles. The number of anilines is 1. The molecule has 7 nitrogen and oxygen atoms in total. The van der Waals surface area contributed by atoms with E-state index in [4.69, 9.17) is 4.74 Å². The fourth-order valence-corrected chi connectivity index (χ4v) is 3.57. The molecule has 0 atom stereocenters. The molecule has 4 aromatic rings. The van der Waals surface area contributed by atoms with Crippen LogP contribution >= 0.6 is 11.3 Å². The van der Waals surface area contributed by atoms with Gasteiger partial charge in [-0.1, -0.05) is 36.4 Å². The molecule has 1 amide bonds. The van der Waals surface area contributed by atoms with Crippen LogP contribution in [0.15, 0.2) is 72.6 Å². The van der Waals surface area contributed by atoms with Gasteiger partial charge in [-0.15, -0.1) is 11.3 Å². The van der Waals surface area contributed by atoms with Crippen molar-refractivity contribution >= 4 is 22.9 Å². The smallest absolute Gasteiger partial charge is 0.230 e. The number of hydrogen-bond acceptors (Lipinski definition) is 6. The van der Waals surface area contributed by atoms with Gasteiger partial charge in [0.1, 0.15) is 30.0 Å². The molecule has 0 radical (unpaired) electrons. The highest BCUT2D eigenvalue weighted by atomic mass is 32.1. The second-order valence-electron chi connectivity index (χ2n) is 6.27. The largest absolute Gasteiger partial charge is 0.492 e. The maximum absolute atomic E-state index is 12.4. The van der Waals surface area contributed by atoms with Crippen molar-refractivity contribution in [2.24, 2.45) is 0 Å². The Bertz CT molecular complexity index is 1060. The summed E-state index contributed by atoms with van der Waals surface area (Å²) in [4.78, 5) is 20.9. The second-order valence-corrected chi connectivity index (χ2v) is 7.13. The molecular formula is C21H19N5O2S. The van der Waals surface area contributed by atoms with Crippen LogP contribution in [0, 0.1) is 0 Å². The quantitative estimate of drug-likeness (QED) is 0.484. The predicted octanol–water partition coefficient (Wildman–Crippen LogP) is 3.66. The van der Waals surface area contributed by atoms with Gasteiger partial charge in [-0.3, -0.25) is 4.79 Å². The number of rotatable bonds is 8. The molecule has 2 aromatic carbocycles. The molecule has 2 aromatic heterocycles. The highest BCUT2D eigenvalue weighted by Crippen LogP contribution is 2.24. The van der Waals surface area contributed by atoms with Gasteiger partial charge >= 0.3 is 0 Å². The lowest BCUT2D eigenvalue weighted by Gasteiger charge is -2.09. The Morgan fingerprint density at radius 1 is 1.14 bits per heavy atom. The first kappa shape index (κ1) is 18.8. The van der Waals surface area contributed by atoms with Crippen LogP contribution in [0.2, 0.25) is 0 Å². The summed E-state index contributed by atoms with van der Waals surface area (Å²) in [5.41, 5.74) is 2.50. The van der Waals surface area contributed by atoms with Gasteiger partial charge < -0.3 is 10.1 Å². The van der Waals surface area contributed by atoms with Crippen LogP contribution < -0.4 is 10.1 Å². The SMILES string of the molecule is O=C(Cc1csc(-c2ccccc2)n1)Nc1cccc(OCCn2cncn2)c1. The number of benzene rings is 2. The van der Waals surface area contributed by atoms with Crippen LogP contribution in [-0.4, -0.2) is 32.3 Å². The van der Waals surface area contributed by atoms with Gasteiger partial charge in [0.25, 0.3) is 0 Å². The van der Waals surface area contributed by atoms with E-state index in [0.717, 1.165) is 16.3 Å². The van der Waals surface area contributed by atoms with Gasteiger partial charge in [-0.25, -0.2) is 14.6 Å². The molecule has 146 valence electrons. The van der Waals surface area contributed by atoms with Gasteiger partial charge in [-0.05, 0) is 12.1 Å². The standard InChI is InChI=1S/C21H19N5O2S/c27-20(12-18-13-29-21(25-18)16-5-2-1-3-6-16)24-17-7-4-8-19(11-17)28-10-9-26-15-22-14-23-26/h1-8,11,13-15H,9-10,12H2,(H,24,27). The van der Waals surface area contributed by atoms with Crippen LogP contribution in [0.3, 0.4) is 0 Å². The Labute approximate surface area is 172 Å². The third-order valence-electron chi connectivity index (χ3n) is 4.09. The van der Waals surface area contributed by atoms with Crippen molar-refractivity contribution in [3.8, 4) is 16.3 Å². The number of nitrogens with one attached hydrogen (secondary N) is 1. The van der Waals surface area contributed by atoms with Gasteiger partial charge in [0.2, 0.25) is 5.91 Å². The van der Waals surface area contributed by atoms with E-state index >= 15 is 0 Å². The molecule has 0 bridgehead atoms. The molecule has 1 N–H and O–H groups in total. The summed E-state index contributed by atoms with van der Waals surface area (Å²) in [6.45, 7) is 1.06. The molecule has 29 heavy (non-hydrogen) atoms. The van der Waals surface area contributed by atoms with Crippen LogP contribution in [-0.2, 0) is 17.8 Å². The zero-order chi connectivity index (χ0) is 19.9. The highest BCUT2D eigenvalue weighted by Gasteiger charge is 2.10. The maximum Gasteiger partial charge on any atom is 0.230 e. The minimum Gasteiger partial charge on any atom is -0.492 e. The number of amides is 1. The Morgan fingerprint density at radius 3 is 2.86 bits per heavy atom. The van der Waals surface area contributed by atoms with Gasteiger partial charge in [-0.2, -0.15) is 5.10 Å². The van der Waals surface area contributed by atoms with E-state index in [1.165, 1.54) is 17.7 Å². The lowest BCUT2D eigenvalue weighted by atomic mass is 10.2. The summed E-state index contributed by atoms with van der Waals surface area (Å²) in [5.74, 6) is 0.567. The van der Waals surface area contributed by atoms with Crippen molar-refractivity contribution in [3.05, 3.63) is 78.3 Å². The molecule has 0 spiro atoms. The first-order chi connectivity index (χ1) is 14.3. The van der Waals surface area contributed by atoms with E-state index in [2.05, 4.69) is 20.4 Å². The fraction of sp³-hybridized carbons (Fsp3) is 0.143. The third-order valence-corrected chi connectivity index (χ3v) is 5.03. The number of nitrogens with zero attached hydrogens (tertiary/aromatic N) is 4. The maximum atomic E-state index is 12.4. The molecule has 0 unspecified atom stereocenters. The van der Waals surface area contributed by atoms with E-state index in [9.17, 15) is 4.79 Å². The summed E-state index contributed by atoms with van der Waals surface area (Å²) in [5, 5.41) is 9.77. The molecule has 0 saturated carbocycles. The van der Waals surface area contributed by atoms with Crippen LogP contribution in [0.5, 0.6) is 5.75 Å². The Hall–Kier alpha value is -3.52. The first-order valence-electron chi connectivity index (χ1n) is 9.11. The summed E-state index contributed by atoms with van der Waals surface area (Å²) in [6.07, 6.45) is 3.35. The summed E-state index contributed by atoms with van der Waals surface area (Å²) >= 11 is 1.54. The zero-order valence-electron chi connectivity index (χ0n) is 15.6. The molecule has 0 aliphatic heterocycles.